The van der Waals surface area contributed by atoms with Crippen molar-refractivity contribution in [1.82, 2.24) is 5.32 Å². The van der Waals surface area contributed by atoms with Crippen molar-refractivity contribution >= 4 is 11.9 Å². The van der Waals surface area contributed by atoms with Crippen LogP contribution in [0.1, 0.15) is 15.9 Å². The maximum absolute atomic E-state index is 13.6. The second-order valence-corrected chi connectivity index (χ2v) is 5.19. The number of halogens is 3. The number of alkyl halides is 3. The Hall–Kier alpha value is -2.83. The van der Waals surface area contributed by atoms with Crippen LogP contribution >= 0.6 is 0 Å². The van der Waals surface area contributed by atoms with E-state index in [2.05, 4.69) is 0 Å². The number of carbonyl (C=O) groups excluding carboxylic acids is 1. The molecular weight excluding hydrogens is 323 g/mol. The van der Waals surface area contributed by atoms with E-state index in [-0.39, 0.29) is 11.1 Å². The van der Waals surface area contributed by atoms with Crippen LogP contribution in [0.4, 0.5) is 13.2 Å². The third-order valence-electron chi connectivity index (χ3n) is 3.52. The molecule has 1 atom stereocenters. The van der Waals surface area contributed by atoms with Crippen molar-refractivity contribution in [3.63, 3.8) is 0 Å². The molecule has 1 unspecified atom stereocenters. The first kappa shape index (κ1) is 17.5. The minimum Gasteiger partial charge on any atom is -0.479 e. The maximum Gasteiger partial charge on any atom is 0.422 e. The Morgan fingerprint density at radius 2 is 1.42 bits per heavy atom. The Morgan fingerprint density at radius 3 is 1.88 bits per heavy atom. The highest BCUT2D eigenvalue weighted by molar-refractivity contribution is 5.98. The number of amides is 1. The van der Waals surface area contributed by atoms with E-state index in [1.165, 1.54) is 48.5 Å². The fraction of sp³-hybridized carbons (Fsp3) is 0.176. The first-order chi connectivity index (χ1) is 11.3. The zero-order valence-corrected chi connectivity index (χ0v) is 12.4. The number of nitrogens with one attached hydrogen (secondary N) is 1. The van der Waals surface area contributed by atoms with Crippen LogP contribution in [-0.4, -0.2) is 28.7 Å². The molecule has 126 valence electrons. The normalized spacial score (nSPS) is 13.8. The van der Waals surface area contributed by atoms with Crippen LogP contribution in [0.2, 0.25) is 0 Å². The third-order valence-corrected chi connectivity index (χ3v) is 3.52. The molecule has 0 radical (unpaired) electrons. The molecule has 0 saturated heterocycles. The van der Waals surface area contributed by atoms with E-state index in [4.69, 9.17) is 0 Å². The van der Waals surface area contributed by atoms with Crippen LogP contribution in [0.5, 0.6) is 0 Å². The third kappa shape index (κ3) is 3.56. The summed E-state index contributed by atoms with van der Waals surface area (Å²) in [6.07, 6.45) is -6.09. The molecule has 1 amide bonds. The number of carboxylic acid groups (broad SMARTS) is 1. The summed E-state index contributed by atoms with van der Waals surface area (Å²) in [5, 5.41) is 11.0. The van der Waals surface area contributed by atoms with E-state index < -0.39 is 30.0 Å². The summed E-state index contributed by atoms with van der Waals surface area (Å²) in [5.41, 5.74) is -3.33. The summed E-state index contributed by atoms with van der Waals surface area (Å²) < 4.78 is 40.8. The zero-order chi connectivity index (χ0) is 17.8. The molecule has 2 N–H and O–H groups in total. The van der Waals surface area contributed by atoms with Crippen molar-refractivity contribution in [2.75, 3.05) is 0 Å². The molecule has 0 aliphatic carbocycles. The molecule has 0 bridgehead atoms. The largest absolute Gasteiger partial charge is 0.479 e. The van der Waals surface area contributed by atoms with Crippen molar-refractivity contribution in [3.05, 3.63) is 71.8 Å². The van der Waals surface area contributed by atoms with Gasteiger partial charge in [0.15, 0.2) is 0 Å². The molecule has 0 saturated carbocycles. The molecule has 0 heterocycles. The van der Waals surface area contributed by atoms with Crippen LogP contribution in [0, 0.1) is 0 Å². The van der Waals surface area contributed by atoms with Crippen molar-refractivity contribution in [2.45, 2.75) is 18.1 Å². The molecule has 7 heteroatoms. The molecule has 0 aliphatic heterocycles. The molecule has 0 aliphatic rings. The molecule has 0 spiro atoms. The van der Waals surface area contributed by atoms with Gasteiger partial charge in [-0.2, -0.15) is 13.2 Å². The quantitative estimate of drug-likeness (QED) is 0.881. The van der Waals surface area contributed by atoms with Gasteiger partial charge in [0.25, 0.3) is 5.91 Å². The average molecular weight is 337 g/mol. The van der Waals surface area contributed by atoms with Crippen molar-refractivity contribution < 1.29 is 27.9 Å². The van der Waals surface area contributed by atoms with Gasteiger partial charge < -0.3 is 10.4 Å². The number of carbonyl (C=O) groups is 2. The number of carboxylic acids is 1. The standard InChI is InChI=1S/C17H14F3NO3/c18-17(19,20)16(15(23)24,11-12-7-3-1-4-8-12)21-14(22)13-9-5-2-6-10-13/h1-10H,11H2,(H,21,22)(H,23,24). The predicted octanol–water partition coefficient (Wildman–Crippen LogP) is 3.04. The van der Waals surface area contributed by atoms with Crippen LogP contribution in [0.3, 0.4) is 0 Å². The van der Waals surface area contributed by atoms with Gasteiger partial charge in [-0.05, 0) is 17.7 Å². The minimum atomic E-state index is -5.18. The van der Waals surface area contributed by atoms with E-state index >= 15 is 0 Å². The van der Waals surface area contributed by atoms with Gasteiger partial charge in [-0.1, -0.05) is 48.5 Å². The Kier molecular flexibility index (Phi) is 4.92. The van der Waals surface area contributed by atoms with Crippen LogP contribution in [0.25, 0.3) is 0 Å². The van der Waals surface area contributed by atoms with Gasteiger partial charge in [0.1, 0.15) is 0 Å². The smallest absolute Gasteiger partial charge is 0.422 e. The summed E-state index contributed by atoms with van der Waals surface area (Å²) in [5.74, 6) is -3.27. The minimum absolute atomic E-state index is 0.0552. The highest BCUT2D eigenvalue weighted by atomic mass is 19.4. The molecule has 0 aromatic heterocycles. The monoisotopic (exact) mass is 337 g/mol. The SMILES string of the molecule is O=C(NC(Cc1ccccc1)(C(=O)O)C(F)(F)F)c1ccccc1. The van der Waals surface area contributed by atoms with E-state index in [1.54, 1.807) is 17.4 Å². The van der Waals surface area contributed by atoms with Gasteiger partial charge in [0.2, 0.25) is 5.54 Å². The summed E-state index contributed by atoms with van der Waals surface area (Å²) >= 11 is 0. The van der Waals surface area contributed by atoms with Gasteiger partial charge >= 0.3 is 12.1 Å². The maximum atomic E-state index is 13.6. The lowest BCUT2D eigenvalue weighted by molar-refractivity contribution is -0.207. The zero-order valence-electron chi connectivity index (χ0n) is 12.4. The molecule has 0 fully saturated rings. The molecule has 2 rings (SSSR count). The van der Waals surface area contributed by atoms with E-state index in [1.807, 2.05) is 0 Å². The Balaban J connectivity index is 2.42. The molecule has 4 nitrogen and oxygen atoms in total. The van der Waals surface area contributed by atoms with Crippen LogP contribution in [0.15, 0.2) is 60.7 Å². The molecular formula is C17H14F3NO3. The van der Waals surface area contributed by atoms with E-state index in [0.29, 0.717) is 0 Å². The van der Waals surface area contributed by atoms with Crippen LogP contribution < -0.4 is 5.32 Å². The summed E-state index contributed by atoms with van der Waals surface area (Å²) in [6, 6.07) is 14.5. The molecule has 24 heavy (non-hydrogen) atoms. The molecule has 2 aromatic carbocycles. The van der Waals surface area contributed by atoms with E-state index in [0.717, 1.165) is 0 Å². The number of hydrogen-bond acceptors (Lipinski definition) is 2. The average Bonchev–Trinajstić information content (AvgIpc) is 2.54. The van der Waals surface area contributed by atoms with Gasteiger partial charge in [-0.25, -0.2) is 4.79 Å². The lowest BCUT2D eigenvalue weighted by Gasteiger charge is -2.32. The van der Waals surface area contributed by atoms with Gasteiger partial charge in [0, 0.05) is 12.0 Å². The topological polar surface area (TPSA) is 66.4 Å². The van der Waals surface area contributed by atoms with Gasteiger partial charge in [-0.15, -0.1) is 0 Å². The summed E-state index contributed by atoms with van der Waals surface area (Å²) in [6.45, 7) is 0. The van der Waals surface area contributed by atoms with Crippen molar-refractivity contribution in [1.29, 1.82) is 0 Å². The first-order valence-electron chi connectivity index (χ1n) is 6.98. The van der Waals surface area contributed by atoms with Crippen molar-refractivity contribution in [3.8, 4) is 0 Å². The first-order valence-corrected chi connectivity index (χ1v) is 6.98. The highest BCUT2D eigenvalue weighted by Crippen LogP contribution is 2.34. The fourth-order valence-electron chi connectivity index (χ4n) is 2.22. The Bertz CT molecular complexity index is 717. The number of rotatable bonds is 5. The fourth-order valence-corrected chi connectivity index (χ4v) is 2.22. The Labute approximate surface area is 135 Å². The number of aliphatic carboxylic acids is 1. The lowest BCUT2D eigenvalue weighted by atomic mass is 9.89. The number of hydrogen-bond donors (Lipinski definition) is 2. The predicted molar refractivity (Wildman–Crippen MR) is 80.5 cm³/mol. The van der Waals surface area contributed by atoms with E-state index in [9.17, 15) is 27.9 Å². The second kappa shape index (κ2) is 6.74. The van der Waals surface area contributed by atoms with Crippen LogP contribution in [-0.2, 0) is 11.2 Å². The summed E-state index contributed by atoms with van der Waals surface area (Å²) in [7, 11) is 0. The highest BCUT2D eigenvalue weighted by Gasteiger charge is 2.62. The second-order valence-electron chi connectivity index (χ2n) is 5.19. The van der Waals surface area contributed by atoms with Crippen molar-refractivity contribution in [2.24, 2.45) is 0 Å². The Morgan fingerprint density at radius 1 is 0.917 bits per heavy atom. The van der Waals surface area contributed by atoms with Gasteiger partial charge in [0.05, 0.1) is 0 Å². The summed E-state index contributed by atoms with van der Waals surface area (Å²) in [4.78, 5) is 23.6. The number of benzene rings is 2. The van der Waals surface area contributed by atoms with Gasteiger partial charge in [-0.3, -0.25) is 4.79 Å². The lowest BCUT2D eigenvalue weighted by Crippen LogP contribution is -2.65. The molecule has 2 aromatic rings.